The van der Waals surface area contributed by atoms with Crippen LogP contribution in [0.5, 0.6) is 5.75 Å². The molecule has 0 saturated heterocycles. The van der Waals surface area contributed by atoms with E-state index in [0.29, 0.717) is 5.56 Å². The molecule has 0 heterocycles. The van der Waals surface area contributed by atoms with Crippen LogP contribution in [0.3, 0.4) is 0 Å². The molecule has 0 aliphatic carbocycles. The first kappa shape index (κ1) is 11.5. The van der Waals surface area contributed by atoms with Gasteiger partial charge in [0, 0.05) is 11.1 Å². The quantitative estimate of drug-likeness (QED) is 0.801. The minimum atomic E-state index is -1.37. The van der Waals surface area contributed by atoms with Gasteiger partial charge in [0.1, 0.15) is 5.82 Å². The van der Waals surface area contributed by atoms with Gasteiger partial charge in [0.25, 0.3) is 0 Å². The molecule has 2 aromatic carbocycles. The van der Waals surface area contributed by atoms with E-state index in [1.54, 1.807) is 6.07 Å². The molecular formula is C13H9F3O. The molecule has 0 radical (unpaired) electrons. The van der Waals surface area contributed by atoms with Gasteiger partial charge < -0.3 is 5.11 Å². The van der Waals surface area contributed by atoms with Gasteiger partial charge in [-0.15, -0.1) is 0 Å². The van der Waals surface area contributed by atoms with Crippen LogP contribution in [0.1, 0.15) is 5.56 Å². The number of aryl methyl sites for hydroxylation is 1. The molecule has 2 aromatic rings. The van der Waals surface area contributed by atoms with Gasteiger partial charge in [-0.25, -0.2) is 8.78 Å². The summed E-state index contributed by atoms with van der Waals surface area (Å²) >= 11 is 0. The maximum Gasteiger partial charge on any atom is 0.200 e. The Balaban J connectivity index is 2.69. The van der Waals surface area contributed by atoms with Gasteiger partial charge in [0.05, 0.1) is 0 Å². The lowest BCUT2D eigenvalue weighted by Crippen LogP contribution is -1.94. The van der Waals surface area contributed by atoms with Crippen LogP contribution in [-0.2, 0) is 0 Å². The highest BCUT2D eigenvalue weighted by Gasteiger charge is 2.17. The Kier molecular flexibility index (Phi) is 2.79. The zero-order chi connectivity index (χ0) is 12.6. The van der Waals surface area contributed by atoms with Crippen LogP contribution < -0.4 is 0 Å². The van der Waals surface area contributed by atoms with Gasteiger partial charge in [-0.1, -0.05) is 18.2 Å². The van der Waals surface area contributed by atoms with Crippen molar-refractivity contribution < 1.29 is 18.3 Å². The summed E-state index contributed by atoms with van der Waals surface area (Å²) < 4.78 is 40.5. The molecule has 1 N–H and O–H groups in total. The number of benzene rings is 2. The van der Waals surface area contributed by atoms with Crippen LogP contribution in [0.25, 0.3) is 11.1 Å². The van der Waals surface area contributed by atoms with Crippen LogP contribution in [0, 0.1) is 24.4 Å². The average molecular weight is 238 g/mol. The van der Waals surface area contributed by atoms with Crippen molar-refractivity contribution in [3.63, 3.8) is 0 Å². The Morgan fingerprint density at radius 2 is 1.47 bits per heavy atom. The topological polar surface area (TPSA) is 20.2 Å². The van der Waals surface area contributed by atoms with Gasteiger partial charge >= 0.3 is 0 Å². The van der Waals surface area contributed by atoms with Gasteiger partial charge in [-0.3, -0.25) is 0 Å². The summed E-state index contributed by atoms with van der Waals surface area (Å²) in [7, 11) is 0. The molecular weight excluding hydrogens is 229 g/mol. The lowest BCUT2D eigenvalue weighted by atomic mass is 10.0. The molecule has 0 aliphatic heterocycles. The molecule has 0 fully saturated rings. The van der Waals surface area contributed by atoms with Crippen molar-refractivity contribution >= 4 is 0 Å². The molecule has 0 unspecified atom stereocenters. The number of aromatic hydroxyl groups is 1. The van der Waals surface area contributed by atoms with Crippen molar-refractivity contribution in [1.29, 1.82) is 0 Å². The molecule has 0 bridgehead atoms. The van der Waals surface area contributed by atoms with Crippen molar-refractivity contribution in [1.82, 2.24) is 0 Å². The van der Waals surface area contributed by atoms with E-state index in [1.165, 1.54) is 19.1 Å². The van der Waals surface area contributed by atoms with Crippen molar-refractivity contribution in [2.45, 2.75) is 6.92 Å². The Morgan fingerprint density at radius 1 is 0.824 bits per heavy atom. The highest BCUT2D eigenvalue weighted by Crippen LogP contribution is 2.31. The first-order valence-corrected chi connectivity index (χ1v) is 4.95. The monoisotopic (exact) mass is 238 g/mol. The first-order valence-electron chi connectivity index (χ1n) is 4.95. The summed E-state index contributed by atoms with van der Waals surface area (Å²) in [6.07, 6.45) is 0. The Hall–Kier alpha value is -1.97. The summed E-state index contributed by atoms with van der Waals surface area (Å²) in [4.78, 5) is 0. The number of phenolic OH excluding ortho intramolecular Hbond substituents is 1. The molecule has 0 aliphatic rings. The standard InChI is InChI=1S/C13H9F3O/c1-7-3-2-4-8(11(7)14)9-5-6-10(17)13(16)12(9)15/h2-6,17H,1H3. The van der Waals surface area contributed by atoms with Crippen LogP contribution in [0.4, 0.5) is 13.2 Å². The largest absolute Gasteiger partial charge is 0.505 e. The molecule has 0 spiro atoms. The van der Waals surface area contributed by atoms with Crippen molar-refractivity contribution in [2.75, 3.05) is 0 Å². The van der Waals surface area contributed by atoms with Crippen molar-refractivity contribution in [2.24, 2.45) is 0 Å². The van der Waals surface area contributed by atoms with Crippen LogP contribution in [0.2, 0.25) is 0 Å². The van der Waals surface area contributed by atoms with Crippen LogP contribution in [-0.4, -0.2) is 5.11 Å². The fourth-order valence-electron chi connectivity index (χ4n) is 1.60. The van der Waals surface area contributed by atoms with Crippen molar-refractivity contribution in [3.8, 4) is 16.9 Å². The van der Waals surface area contributed by atoms with Crippen molar-refractivity contribution in [3.05, 3.63) is 53.3 Å². The van der Waals surface area contributed by atoms with Gasteiger partial charge in [-0.05, 0) is 24.6 Å². The summed E-state index contributed by atoms with van der Waals surface area (Å²) in [5.74, 6) is -4.02. The molecule has 4 heteroatoms. The van der Waals surface area contributed by atoms with Crippen LogP contribution >= 0.6 is 0 Å². The number of rotatable bonds is 1. The van der Waals surface area contributed by atoms with Gasteiger partial charge in [-0.2, -0.15) is 4.39 Å². The second kappa shape index (κ2) is 4.13. The Bertz CT molecular complexity index is 579. The molecule has 2 rings (SSSR count). The third-order valence-corrected chi connectivity index (χ3v) is 2.54. The molecule has 0 aromatic heterocycles. The second-order valence-corrected chi connectivity index (χ2v) is 3.70. The number of halogens is 3. The highest BCUT2D eigenvalue weighted by molar-refractivity contribution is 5.66. The number of hydrogen-bond donors (Lipinski definition) is 1. The fraction of sp³-hybridized carbons (Fsp3) is 0.0769. The zero-order valence-electron chi connectivity index (χ0n) is 8.97. The normalized spacial score (nSPS) is 10.6. The van der Waals surface area contributed by atoms with Gasteiger partial charge in [0.15, 0.2) is 11.6 Å². The fourth-order valence-corrected chi connectivity index (χ4v) is 1.60. The molecule has 0 atom stereocenters. The van der Waals surface area contributed by atoms with Crippen LogP contribution in [0.15, 0.2) is 30.3 Å². The van der Waals surface area contributed by atoms with E-state index in [9.17, 15) is 13.2 Å². The lowest BCUT2D eigenvalue weighted by Gasteiger charge is -2.08. The smallest absolute Gasteiger partial charge is 0.200 e. The Labute approximate surface area is 96.1 Å². The van der Waals surface area contributed by atoms with E-state index in [4.69, 9.17) is 5.11 Å². The van der Waals surface area contributed by atoms with E-state index in [-0.39, 0.29) is 11.1 Å². The van der Waals surface area contributed by atoms with E-state index < -0.39 is 23.2 Å². The molecule has 17 heavy (non-hydrogen) atoms. The van der Waals surface area contributed by atoms with Gasteiger partial charge in [0.2, 0.25) is 5.82 Å². The SMILES string of the molecule is Cc1cccc(-c2ccc(O)c(F)c2F)c1F. The predicted molar refractivity (Wildman–Crippen MR) is 58.2 cm³/mol. The summed E-state index contributed by atoms with van der Waals surface area (Å²) in [6, 6.07) is 6.59. The maximum absolute atomic E-state index is 13.7. The lowest BCUT2D eigenvalue weighted by molar-refractivity contribution is 0.408. The summed E-state index contributed by atoms with van der Waals surface area (Å²) in [5.41, 5.74) is 0.110. The minimum Gasteiger partial charge on any atom is -0.505 e. The highest BCUT2D eigenvalue weighted by atomic mass is 19.2. The third-order valence-electron chi connectivity index (χ3n) is 2.54. The average Bonchev–Trinajstić information content (AvgIpc) is 2.31. The predicted octanol–water partition coefficient (Wildman–Crippen LogP) is 3.78. The number of phenols is 1. The van der Waals surface area contributed by atoms with E-state index in [2.05, 4.69) is 0 Å². The number of hydrogen-bond acceptors (Lipinski definition) is 1. The molecule has 0 amide bonds. The molecule has 88 valence electrons. The molecule has 1 nitrogen and oxygen atoms in total. The summed E-state index contributed by atoms with van der Waals surface area (Å²) in [6.45, 7) is 1.54. The third kappa shape index (κ3) is 1.86. The first-order chi connectivity index (χ1) is 8.02. The maximum atomic E-state index is 13.7. The van der Waals surface area contributed by atoms with E-state index in [0.717, 1.165) is 12.1 Å². The summed E-state index contributed by atoms with van der Waals surface area (Å²) in [5, 5.41) is 8.99. The minimum absolute atomic E-state index is 0.0265. The van der Waals surface area contributed by atoms with E-state index in [1.807, 2.05) is 0 Å². The molecule has 0 saturated carbocycles. The van der Waals surface area contributed by atoms with E-state index >= 15 is 0 Å². The zero-order valence-corrected chi connectivity index (χ0v) is 8.97. The second-order valence-electron chi connectivity index (χ2n) is 3.70. The Morgan fingerprint density at radius 3 is 2.18 bits per heavy atom.